The largest absolute Gasteiger partial charge is 0.460 e. The molecule has 0 fully saturated rings. The van der Waals surface area contributed by atoms with Gasteiger partial charge in [-0.2, -0.15) is 0 Å². The van der Waals surface area contributed by atoms with Gasteiger partial charge >= 0.3 is 12.1 Å². The summed E-state index contributed by atoms with van der Waals surface area (Å²) in [6, 6.07) is 7.19. The van der Waals surface area contributed by atoms with Crippen LogP contribution in [0.15, 0.2) is 24.3 Å². The van der Waals surface area contributed by atoms with E-state index in [4.69, 9.17) is 14.2 Å². The smallest absolute Gasteiger partial charge is 0.410 e. The number of likely N-dealkylation sites (N-methyl/N-ethyl adjacent to an activating group) is 1. The van der Waals surface area contributed by atoms with Crippen LogP contribution in [-0.4, -0.2) is 56.5 Å². The number of hydrogen-bond donors (Lipinski definition) is 0. The van der Waals surface area contributed by atoms with Gasteiger partial charge in [-0.05, 0) is 44.9 Å². The van der Waals surface area contributed by atoms with Gasteiger partial charge in [0.15, 0.2) is 0 Å². The number of hydrogen-bond acceptors (Lipinski definition) is 5. The van der Waals surface area contributed by atoms with Crippen molar-refractivity contribution < 1.29 is 23.8 Å². The number of carbonyl (C=O) groups is 2. The van der Waals surface area contributed by atoms with Crippen molar-refractivity contribution in [3.63, 3.8) is 0 Å². The van der Waals surface area contributed by atoms with Gasteiger partial charge in [-0.3, -0.25) is 0 Å². The quantitative estimate of drug-likeness (QED) is 0.565. The van der Waals surface area contributed by atoms with Crippen LogP contribution in [0, 0.1) is 0 Å². The first-order valence-electron chi connectivity index (χ1n) is 7.92. The molecule has 0 spiro atoms. The number of rotatable bonds is 7. The predicted molar refractivity (Wildman–Crippen MR) is 91.2 cm³/mol. The molecule has 0 atom stereocenters. The summed E-state index contributed by atoms with van der Waals surface area (Å²) in [5.74, 6) is -0.380. The fourth-order valence-corrected chi connectivity index (χ4v) is 1.88. The third-order valence-electron chi connectivity index (χ3n) is 3.12. The first-order valence-corrected chi connectivity index (χ1v) is 7.92. The van der Waals surface area contributed by atoms with E-state index < -0.39 is 5.60 Å². The Morgan fingerprint density at radius 3 is 2.50 bits per heavy atom. The third kappa shape index (κ3) is 7.46. The molecule has 24 heavy (non-hydrogen) atoms. The summed E-state index contributed by atoms with van der Waals surface area (Å²) < 4.78 is 15.2. The lowest BCUT2D eigenvalue weighted by molar-refractivity contribution is 0.0299. The van der Waals surface area contributed by atoms with Crippen LogP contribution in [0.1, 0.15) is 36.7 Å². The SMILES string of the molecule is COCCOC(=O)c1cccc(CCN(C)C(=O)OC(C)(C)C)c1. The van der Waals surface area contributed by atoms with Crippen LogP contribution in [0.25, 0.3) is 0 Å². The molecule has 1 rings (SSSR count). The summed E-state index contributed by atoms with van der Waals surface area (Å²) in [5, 5.41) is 0. The Morgan fingerprint density at radius 1 is 1.17 bits per heavy atom. The van der Waals surface area contributed by atoms with Crippen molar-refractivity contribution in [3.05, 3.63) is 35.4 Å². The zero-order valence-electron chi connectivity index (χ0n) is 15.1. The van der Waals surface area contributed by atoms with Crippen molar-refractivity contribution in [2.45, 2.75) is 32.8 Å². The Morgan fingerprint density at radius 2 is 1.88 bits per heavy atom. The second kappa shape index (κ2) is 9.27. The van der Waals surface area contributed by atoms with Crippen LogP contribution < -0.4 is 0 Å². The van der Waals surface area contributed by atoms with Gasteiger partial charge in [0.1, 0.15) is 12.2 Å². The van der Waals surface area contributed by atoms with Gasteiger partial charge < -0.3 is 19.1 Å². The summed E-state index contributed by atoms with van der Waals surface area (Å²) in [4.78, 5) is 25.4. The van der Waals surface area contributed by atoms with Gasteiger partial charge in [0.05, 0.1) is 12.2 Å². The van der Waals surface area contributed by atoms with E-state index in [9.17, 15) is 9.59 Å². The van der Waals surface area contributed by atoms with Gasteiger partial charge in [0, 0.05) is 20.7 Å². The minimum absolute atomic E-state index is 0.223. The van der Waals surface area contributed by atoms with Crippen LogP contribution in [-0.2, 0) is 20.6 Å². The molecular formula is C18H27NO5. The van der Waals surface area contributed by atoms with Gasteiger partial charge in [-0.15, -0.1) is 0 Å². The molecule has 134 valence electrons. The first kappa shape index (κ1) is 20.0. The zero-order chi connectivity index (χ0) is 18.2. The lowest BCUT2D eigenvalue weighted by Gasteiger charge is -2.24. The molecule has 0 saturated carbocycles. The van der Waals surface area contributed by atoms with E-state index >= 15 is 0 Å². The van der Waals surface area contributed by atoms with E-state index in [1.54, 1.807) is 32.4 Å². The number of methoxy groups -OCH3 is 1. The monoisotopic (exact) mass is 337 g/mol. The number of ether oxygens (including phenoxy) is 3. The summed E-state index contributed by atoms with van der Waals surface area (Å²) in [6.45, 7) is 6.58. The fourth-order valence-electron chi connectivity index (χ4n) is 1.88. The second-order valence-corrected chi connectivity index (χ2v) is 6.48. The fraction of sp³-hybridized carbons (Fsp3) is 0.556. The molecule has 6 heteroatoms. The normalized spacial score (nSPS) is 11.0. The average Bonchev–Trinajstić information content (AvgIpc) is 2.51. The van der Waals surface area contributed by atoms with E-state index in [1.807, 2.05) is 26.8 Å². The number of carbonyl (C=O) groups excluding carboxylic acids is 2. The average molecular weight is 337 g/mol. The molecule has 0 aliphatic rings. The van der Waals surface area contributed by atoms with Gasteiger partial charge in [0.2, 0.25) is 0 Å². The van der Waals surface area contributed by atoms with Crippen LogP contribution in [0.5, 0.6) is 0 Å². The molecule has 0 saturated heterocycles. The van der Waals surface area contributed by atoms with E-state index in [0.29, 0.717) is 25.1 Å². The number of nitrogens with zero attached hydrogens (tertiary/aromatic N) is 1. The molecular weight excluding hydrogens is 310 g/mol. The van der Waals surface area contributed by atoms with Crippen molar-refractivity contribution in [2.75, 3.05) is 33.9 Å². The van der Waals surface area contributed by atoms with Crippen LogP contribution in [0.4, 0.5) is 4.79 Å². The molecule has 0 aliphatic heterocycles. The van der Waals surface area contributed by atoms with Crippen molar-refractivity contribution >= 4 is 12.1 Å². The predicted octanol–water partition coefficient (Wildman–Crippen LogP) is 2.90. The summed E-state index contributed by atoms with van der Waals surface area (Å²) in [7, 11) is 3.24. The molecule has 1 aromatic carbocycles. The zero-order valence-corrected chi connectivity index (χ0v) is 15.1. The van der Waals surface area contributed by atoms with Crippen molar-refractivity contribution in [1.29, 1.82) is 0 Å². The highest BCUT2D eigenvalue weighted by atomic mass is 16.6. The molecule has 1 aromatic rings. The van der Waals surface area contributed by atoms with Crippen molar-refractivity contribution in [2.24, 2.45) is 0 Å². The molecule has 6 nitrogen and oxygen atoms in total. The van der Waals surface area contributed by atoms with Crippen LogP contribution in [0.3, 0.4) is 0 Å². The lowest BCUT2D eigenvalue weighted by Crippen LogP contribution is -2.35. The lowest BCUT2D eigenvalue weighted by atomic mass is 10.1. The van der Waals surface area contributed by atoms with Crippen LogP contribution >= 0.6 is 0 Å². The highest BCUT2D eigenvalue weighted by Gasteiger charge is 2.19. The molecule has 0 heterocycles. The molecule has 1 amide bonds. The van der Waals surface area contributed by atoms with Crippen LogP contribution in [0.2, 0.25) is 0 Å². The number of esters is 1. The highest BCUT2D eigenvalue weighted by molar-refractivity contribution is 5.89. The third-order valence-corrected chi connectivity index (χ3v) is 3.12. The number of amides is 1. The van der Waals surface area contributed by atoms with E-state index in [0.717, 1.165) is 5.56 Å². The summed E-state index contributed by atoms with van der Waals surface area (Å²) >= 11 is 0. The molecule has 0 unspecified atom stereocenters. The number of benzene rings is 1. The molecule has 0 N–H and O–H groups in total. The highest BCUT2D eigenvalue weighted by Crippen LogP contribution is 2.11. The van der Waals surface area contributed by atoms with Crippen molar-refractivity contribution in [1.82, 2.24) is 4.90 Å². The maximum atomic E-state index is 11.9. The molecule has 0 aromatic heterocycles. The van der Waals surface area contributed by atoms with Gasteiger partial charge in [0.25, 0.3) is 0 Å². The Bertz CT molecular complexity index is 551. The van der Waals surface area contributed by atoms with Gasteiger partial charge in [-0.1, -0.05) is 12.1 Å². The molecule has 0 radical (unpaired) electrons. The van der Waals surface area contributed by atoms with Crippen molar-refractivity contribution in [3.8, 4) is 0 Å². The maximum absolute atomic E-state index is 11.9. The van der Waals surface area contributed by atoms with Gasteiger partial charge in [-0.25, -0.2) is 9.59 Å². The van der Waals surface area contributed by atoms with E-state index in [1.165, 1.54) is 4.90 Å². The standard InChI is InChI=1S/C18H27NO5/c1-18(2,3)24-17(21)19(4)10-9-14-7-6-8-15(13-14)16(20)23-12-11-22-5/h6-8,13H,9-12H2,1-5H3. The second-order valence-electron chi connectivity index (χ2n) is 6.48. The minimum atomic E-state index is -0.517. The Kier molecular flexibility index (Phi) is 7.71. The van der Waals surface area contributed by atoms with E-state index in [2.05, 4.69) is 0 Å². The topological polar surface area (TPSA) is 65.1 Å². The summed E-state index contributed by atoms with van der Waals surface area (Å²) in [6.07, 6.45) is 0.257. The Labute approximate surface area is 143 Å². The Hall–Kier alpha value is -2.08. The Balaban J connectivity index is 2.55. The molecule has 0 aliphatic carbocycles. The molecule has 0 bridgehead atoms. The first-order chi connectivity index (χ1) is 11.2. The summed E-state index contributed by atoms with van der Waals surface area (Å²) in [5.41, 5.74) is 0.923. The minimum Gasteiger partial charge on any atom is -0.460 e. The maximum Gasteiger partial charge on any atom is 0.410 e. The van der Waals surface area contributed by atoms with E-state index in [-0.39, 0.29) is 18.7 Å².